The third kappa shape index (κ3) is 4.84. The normalized spacial score (nSPS) is 23.7. The Labute approximate surface area is 180 Å². The summed E-state index contributed by atoms with van der Waals surface area (Å²) in [4.78, 5) is 22.2. The third-order valence-electron chi connectivity index (χ3n) is 5.12. The average molecular weight is 450 g/mol. The summed E-state index contributed by atoms with van der Waals surface area (Å²) < 4.78 is 5.46. The lowest BCUT2D eigenvalue weighted by atomic mass is 10.1. The molecule has 8 nitrogen and oxygen atoms in total. The lowest BCUT2D eigenvalue weighted by molar-refractivity contribution is -0.135. The van der Waals surface area contributed by atoms with Crippen molar-refractivity contribution < 1.29 is 14.4 Å². The summed E-state index contributed by atoms with van der Waals surface area (Å²) in [5.74, 6) is 1.32. The van der Waals surface area contributed by atoms with E-state index in [0.717, 1.165) is 18.0 Å². The van der Waals surface area contributed by atoms with Crippen molar-refractivity contribution in [1.82, 2.24) is 25.3 Å². The summed E-state index contributed by atoms with van der Waals surface area (Å²) in [6.07, 6.45) is 0.0865. The standard InChI is InChI=1S/C17H23N5O3S.2ClH/c1-11(16-19-15(20-25-16)14-3-2-8-26-14)21-4-6-22(7-5-21)17(24)13-9-12(23)10-18-13;;/h2-3,8,11-13,18,23H,4-7,9-10H2,1H3;2*1H. The number of halogens is 2. The number of aliphatic hydroxyl groups is 1. The summed E-state index contributed by atoms with van der Waals surface area (Å²) in [5.41, 5.74) is 0. The molecule has 2 fully saturated rings. The van der Waals surface area contributed by atoms with E-state index < -0.39 is 6.10 Å². The Kier molecular flexibility index (Phi) is 8.23. The number of nitrogens with zero attached hydrogens (tertiary/aromatic N) is 4. The zero-order chi connectivity index (χ0) is 18.1. The Bertz CT molecular complexity index is 752. The van der Waals surface area contributed by atoms with Crippen molar-refractivity contribution in [3.8, 4) is 10.7 Å². The molecule has 0 radical (unpaired) electrons. The Balaban J connectivity index is 0.00000140. The Hall–Kier alpha value is -1.23. The van der Waals surface area contributed by atoms with E-state index in [1.54, 1.807) is 11.3 Å². The molecule has 0 aromatic carbocycles. The molecule has 2 aliphatic rings. The van der Waals surface area contributed by atoms with Crippen molar-refractivity contribution in [3.05, 3.63) is 23.4 Å². The van der Waals surface area contributed by atoms with Crippen molar-refractivity contribution in [2.75, 3.05) is 32.7 Å². The first-order valence-electron chi connectivity index (χ1n) is 8.93. The minimum absolute atomic E-state index is 0. The molecule has 0 aliphatic carbocycles. The Morgan fingerprint density at radius 2 is 2.11 bits per heavy atom. The first-order chi connectivity index (χ1) is 12.6. The summed E-state index contributed by atoms with van der Waals surface area (Å²) in [6, 6.07) is 3.70. The van der Waals surface area contributed by atoms with Crippen molar-refractivity contribution >= 4 is 42.1 Å². The SMILES string of the molecule is CC(c1nc(-c2cccs2)no1)N1CCN(C(=O)C2CC(O)CN2)CC1.Cl.Cl. The molecule has 3 unspecified atom stereocenters. The van der Waals surface area contributed by atoms with Gasteiger partial charge in [0, 0.05) is 32.7 Å². The van der Waals surface area contributed by atoms with Gasteiger partial charge in [-0.05, 0) is 24.8 Å². The van der Waals surface area contributed by atoms with E-state index in [1.807, 2.05) is 22.4 Å². The molecule has 4 heterocycles. The summed E-state index contributed by atoms with van der Waals surface area (Å²) in [5, 5.41) is 18.8. The molecular formula is C17H25Cl2N5O3S. The van der Waals surface area contributed by atoms with Crippen LogP contribution in [0.25, 0.3) is 10.7 Å². The molecule has 2 aromatic rings. The number of hydrogen-bond donors (Lipinski definition) is 2. The van der Waals surface area contributed by atoms with Crippen LogP contribution < -0.4 is 5.32 Å². The van der Waals surface area contributed by atoms with Gasteiger partial charge in [0.05, 0.1) is 23.1 Å². The van der Waals surface area contributed by atoms with Crippen molar-refractivity contribution in [1.29, 1.82) is 0 Å². The van der Waals surface area contributed by atoms with Crippen LogP contribution in [0.2, 0.25) is 0 Å². The second-order valence-electron chi connectivity index (χ2n) is 6.82. The van der Waals surface area contributed by atoms with E-state index in [0.29, 0.717) is 37.8 Å². The predicted molar refractivity (Wildman–Crippen MR) is 111 cm³/mol. The van der Waals surface area contributed by atoms with Crippen LogP contribution in [-0.2, 0) is 4.79 Å². The molecule has 0 saturated carbocycles. The molecule has 2 aromatic heterocycles. The highest BCUT2D eigenvalue weighted by Gasteiger charge is 2.34. The zero-order valence-corrected chi connectivity index (χ0v) is 17.9. The van der Waals surface area contributed by atoms with Crippen LogP contribution in [0.5, 0.6) is 0 Å². The maximum Gasteiger partial charge on any atom is 0.244 e. The molecule has 28 heavy (non-hydrogen) atoms. The van der Waals surface area contributed by atoms with Gasteiger partial charge in [-0.15, -0.1) is 36.2 Å². The molecule has 2 saturated heterocycles. The highest BCUT2D eigenvalue weighted by atomic mass is 35.5. The van der Waals surface area contributed by atoms with Gasteiger partial charge in [0.2, 0.25) is 17.6 Å². The quantitative estimate of drug-likeness (QED) is 0.730. The maximum absolute atomic E-state index is 12.5. The van der Waals surface area contributed by atoms with Crippen molar-refractivity contribution in [2.24, 2.45) is 0 Å². The van der Waals surface area contributed by atoms with Crippen LogP contribution >= 0.6 is 36.2 Å². The number of β-amino-alcohol motifs (C(OH)–C–C–N with tert-alkyl or cyclic N) is 1. The molecule has 2 N–H and O–H groups in total. The number of nitrogens with one attached hydrogen (secondary N) is 1. The molecule has 0 bridgehead atoms. The number of carbonyl (C=O) groups excluding carboxylic acids is 1. The van der Waals surface area contributed by atoms with Crippen LogP contribution in [0.15, 0.2) is 22.0 Å². The average Bonchev–Trinajstić information content (AvgIpc) is 3.41. The van der Waals surface area contributed by atoms with Gasteiger partial charge in [-0.3, -0.25) is 9.69 Å². The monoisotopic (exact) mass is 449 g/mol. The van der Waals surface area contributed by atoms with Gasteiger partial charge in [0.15, 0.2) is 0 Å². The second-order valence-corrected chi connectivity index (χ2v) is 7.77. The summed E-state index contributed by atoms with van der Waals surface area (Å²) >= 11 is 1.59. The van der Waals surface area contributed by atoms with Crippen molar-refractivity contribution in [2.45, 2.75) is 31.5 Å². The highest BCUT2D eigenvalue weighted by molar-refractivity contribution is 7.13. The lowest BCUT2D eigenvalue weighted by Gasteiger charge is -2.37. The molecule has 1 amide bonds. The molecule has 0 spiro atoms. The summed E-state index contributed by atoms with van der Waals surface area (Å²) in [6.45, 7) is 5.42. The van der Waals surface area contributed by atoms with Gasteiger partial charge in [0.1, 0.15) is 0 Å². The predicted octanol–water partition coefficient (Wildman–Crippen LogP) is 1.57. The van der Waals surface area contributed by atoms with Crippen molar-refractivity contribution in [3.63, 3.8) is 0 Å². The molecular weight excluding hydrogens is 425 g/mol. The van der Waals surface area contributed by atoms with E-state index in [4.69, 9.17) is 4.52 Å². The van der Waals surface area contributed by atoms with Crippen LogP contribution in [0.3, 0.4) is 0 Å². The number of hydrogen-bond acceptors (Lipinski definition) is 8. The molecule has 4 rings (SSSR count). The smallest absolute Gasteiger partial charge is 0.244 e. The van der Waals surface area contributed by atoms with Crippen LogP contribution in [0.4, 0.5) is 0 Å². The van der Waals surface area contributed by atoms with E-state index in [2.05, 4.69) is 27.3 Å². The fourth-order valence-electron chi connectivity index (χ4n) is 3.52. The number of aliphatic hydroxyl groups excluding tert-OH is 1. The lowest BCUT2D eigenvalue weighted by Crippen LogP contribution is -2.53. The van der Waals surface area contributed by atoms with Crippen LogP contribution in [0, 0.1) is 0 Å². The van der Waals surface area contributed by atoms with Gasteiger partial charge < -0.3 is 19.8 Å². The third-order valence-corrected chi connectivity index (χ3v) is 5.99. The number of carbonyl (C=O) groups is 1. The minimum atomic E-state index is -0.416. The fraction of sp³-hybridized carbons (Fsp3) is 0.588. The first kappa shape index (κ1) is 23.1. The van der Waals surface area contributed by atoms with Crippen LogP contribution in [-0.4, -0.2) is 75.8 Å². The minimum Gasteiger partial charge on any atom is -0.392 e. The van der Waals surface area contributed by atoms with Gasteiger partial charge in [0.25, 0.3) is 0 Å². The van der Waals surface area contributed by atoms with Gasteiger partial charge >= 0.3 is 0 Å². The van der Waals surface area contributed by atoms with Gasteiger partial charge in [-0.25, -0.2) is 0 Å². The largest absolute Gasteiger partial charge is 0.392 e. The number of amides is 1. The molecule has 156 valence electrons. The van der Waals surface area contributed by atoms with E-state index in [1.165, 1.54) is 0 Å². The van der Waals surface area contributed by atoms with E-state index in [9.17, 15) is 9.90 Å². The number of aromatic nitrogens is 2. The second kappa shape index (κ2) is 10.00. The number of rotatable bonds is 4. The maximum atomic E-state index is 12.5. The fourth-order valence-corrected chi connectivity index (χ4v) is 4.17. The number of piperazine rings is 1. The van der Waals surface area contributed by atoms with Gasteiger partial charge in [-0.1, -0.05) is 11.2 Å². The molecule has 3 atom stereocenters. The van der Waals surface area contributed by atoms with Crippen LogP contribution in [0.1, 0.15) is 25.3 Å². The topological polar surface area (TPSA) is 94.7 Å². The first-order valence-corrected chi connectivity index (χ1v) is 9.81. The van der Waals surface area contributed by atoms with E-state index >= 15 is 0 Å². The summed E-state index contributed by atoms with van der Waals surface area (Å²) in [7, 11) is 0. The highest BCUT2D eigenvalue weighted by Crippen LogP contribution is 2.26. The van der Waals surface area contributed by atoms with E-state index in [-0.39, 0.29) is 42.8 Å². The Morgan fingerprint density at radius 1 is 1.36 bits per heavy atom. The Morgan fingerprint density at radius 3 is 2.71 bits per heavy atom. The zero-order valence-electron chi connectivity index (χ0n) is 15.5. The number of thiophene rings is 1. The van der Waals surface area contributed by atoms with Gasteiger partial charge in [-0.2, -0.15) is 4.98 Å². The molecule has 11 heteroatoms. The molecule has 2 aliphatic heterocycles.